The fourth-order valence-corrected chi connectivity index (χ4v) is 9.36. The molecule has 0 radical (unpaired) electrons. The number of hydrogen-bond donors (Lipinski definition) is 1. The van der Waals surface area contributed by atoms with E-state index in [1.807, 2.05) is 7.05 Å². The largest absolute Gasteiger partial charge is 0.445 e. The quantitative estimate of drug-likeness (QED) is 0.275. The van der Waals surface area contributed by atoms with Gasteiger partial charge in [0, 0.05) is 36.8 Å². The highest BCUT2D eigenvalue weighted by Gasteiger charge is 2.68. The van der Waals surface area contributed by atoms with Crippen LogP contribution in [0.15, 0.2) is 12.2 Å². The Balaban J connectivity index is 1.74. The van der Waals surface area contributed by atoms with E-state index in [0.29, 0.717) is 19.4 Å². The van der Waals surface area contributed by atoms with Crippen molar-refractivity contribution >= 4 is 17.8 Å². The molecule has 42 heavy (non-hydrogen) atoms. The van der Waals surface area contributed by atoms with Crippen LogP contribution in [0.25, 0.3) is 0 Å². The monoisotopic (exact) mass is 588 g/mol. The summed E-state index contributed by atoms with van der Waals surface area (Å²) in [5, 5.41) is 2.61. The van der Waals surface area contributed by atoms with Crippen molar-refractivity contribution in [1.82, 2.24) is 10.2 Å². The summed E-state index contributed by atoms with van der Waals surface area (Å²) in [6, 6.07) is 0. The van der Waals surface area contributed by atoms with Gasteiger partial charge in [0.05, 0.1) is 12.0 Å². The SMILES string of the molecule is CCCC=C[C@]1(C)C[C@@H](OC(=O)NC(=O)[C@H]2CN(C)CC[C@@H]2C)[C@@]2(C)C3C(=O)CCC3(CC[C@H]2C)[C@@H](C)[C@@H]1OCOC. The number of carbonyl (C=O) groups excluding carboxylic acids is 3. The second kappa shape index (κ2) is 13.1. The van der Waals surface area contributed by atoms with E-state index in [1.54, 1.807) is 7.11 Å². The van der Waals surface area contributed by atoms with Gasteiger partial charge in [-0.3, -0.25) is 14.9 Å². The lowest BCUT2D eigenvalue weighted by molar-refractivity contribution is -0.214. The molecule has 1 saturated heterocycles. The molecule has 0 aromatic carbocycles. The number of ether oxygens (including phenoxy) is 3. The average molecular weight is 589 g/mol. The molecule has 8 nitrogen and oxygen atoms in total. The molecule has 1 heterocycles. The van der Waals surface area contributed by atoms with Crippen molar-refractivity contribution in [2.75, 3.05) is 34.0 Å². The predicted octanol–water partition coefficient (Wildman–Crippen LogP) is 5.99. The summed E-state index contributed by atoms with van der Waals surface area (Å²) in [6.07, 6.45) is 9.62. The van der Waals surface area contributed by atoms with E-state index >= 15 is 0 Å². The van der Waals surface area contributed by atoms with Crippen LogP contribution in [0, 0.1) is 45.8 Å². The van der Waals surface area contributed by atoms with Crippen LogP contribution in [0.1, 0.15) is 92.9 Å². The molecule has 2 unspecified atom stereocenters. The first-order valence-corrected chi connectivity index (χ1v) is 16.3. The van der Waals surface area contributed by atoms with Crippen molar-refractivity contribution in [1.29, 1.82) is 0 Å². The number of amides is 2. The molecule has 2 bridgehead atoms. The molecule has 1 aliphatic heterocycles. The molecular formula is C34H56N2O6. The van der Waals surface area contributed by atoms with Crippen LogP contribution in [-0.4, -0.2) is 68.9 Å². The molecule has 8 heteroatoms. The zero-order valence-corrected chi connectivity index (χ0v) is 27.4. The van der Waals surface area contributed by atoms with E-state index in [0.717, 1.165) is 45.1 Å². The summed E-state index contributed by atoms with van der Waals surface area (Å²) in [7, 11) is 3.64. The van der Waals surface area contributed by atoms with Crippen molar-refractivity contribution in [3.63, 3.8) is 0 Å². The minimum atomic E-state index is -0.705. The summed E-state index contributed by atoms with van der Waals surface area (Å²) in [5.41, 5.74) is -1.29. The van der Waals surface area contributed by atoms with Gasteiger partial charge >= 0.3 is 6.09 Å². The van der Waals surface area contributed by atoms with Crippen LogP contribution in [0.2, 0.25) is 0 Å². The average Bonchev–Trinajstić information content (AvgIpc) is 3.29. The highest BCUT2D eigenvalue weighted by molar-refractivity contribution is 5.93. The zero-order valence-electron chi connectivity index (χ0n) is 27.4. The van der Waals surface area contributed by atoms with Crippen molar-refractivity contribution in [2.24, 2.45) is 45.8 Å². The Hall–Kier alpha value is -1.77. The van der Waals surface area contributed by atoms with Crippen LogP contribution >= 0.6 is 0 Å². The topological polar surface area (TPSA) is 94.2 Å². The fraction of sp³-hybridized carbons (Fsp3) is 0.853. The number of alkyl carbamates (subject to hydrolysis) is 1. The molecule has 0 spiro atoms. The maximum atomic E-state index is 13.9. The molecule has 0 aromatic heterocycles. The van der Waals surface area contributed by atoms with E-state index in [2.05, 4.69) is 63.9 Å². The lowest BCUT2D eigenvalue weighted by Gasteiger charge is -2.62. The number of allylic oxidation sites excluding steroid dienone is 1. The number of rotatable bonds is 8. The third-order valence-corrected chi connectivity index (χ3v) is 12.1. The third kappa shape index (κ3) is 5.97. The molecule has 2 amide bonds. The molecule has 3 aliphatic carbocycles. The Labute approximate surface area is 253 Å². The third-order valence-electron chi connectivity index (χ3n) is 12.1. The minimum absolute atomic E-state index is 0.105. The number of likely N-dealkylation sites (tertiary alicyclic amines) is 1. The summed E-state index contributed by atoms with van der Waals surface area (Å²) < 4.78 is 18.3. The fourth-order valence-electron chi connectivity index (χ4n) is 9.36. The van der Waals surface area contributed by atoms with Gasteiger partial charge in [-0.15, -0.1) is 0 Å². The van der Waals surface area contributed by atoms with Crippen molar-refractivity contribution < 1.29 is 28.6 Å². The van der Waals surface area contributed by atoms with Crippen molar-refractivity contribution in [2.45, 2.75) is 105 Å². The number of methoxy groups -OCH3 is 1. The van der Waals surface area contributed by atoms with E-state index < -0.39 is 23.0 Å². The van der Waals surface area contributed by atoms with E-state index in [4.69, 9.17) is 14.2 Å². The number of imide groups is 1. The number of carbonyl (C=O) groups is 3. The summed E-state index contributed by atoms with van der Waals surface area (Å²) >= 11 is 0. The van der Waals surface area contributed by atoms with Gasteiger partial charge in [-0.25, -0.2) is 4.79 Å². The van der Waals surface area contributed by atoms with Gasteiger partial charge < -0.3 is 19.1 Å². The maximum absolute atomic E-state index is 13.9. The number of nitrogens with one attached hydrogen (secondary N) is 1. The Morgan fingerprint density at radius 2 is 1.88 bits per heavy atom. The smallest absolute Gasteiger partial charge is 0.414 e. The molecule has 3 saturated carbocycles. The number of piperidine rings is 1. The number of nitrogens with zero attached hydrogens (tertiary/aromatic N) is 1. The molecule has 4 aliphatic rings. The van der Waals surface area contributed by atoms with Crippen LogP contribution in [0.5, 0.6) is 0 Å². The maximum Gasteiger partial charge on any atom is 0.414 e. The van der Waals surface area contributed by atoms with Crippen LogP contribution in [0.4, 0.5) is 4.79 Å². The first kappa shape index (κ1) is 33.1. The molecule has 4 rings (SSSR count). The summed E-state index contributed by atoms with van der Waals surface area (Å²) in [5.74, 6) is -0.0395. The van der Waals surface area contributed by atoms with Crippen LogP contribution in [-0.2, 0) is 23.8 Å². The molecular weight excluding hydrogens is 532 g/mol. The van der Waals surface area contributed by atoms with Gasteiger partial charge in [0.25, 0.3) is 0 Å². The first-order valence-electron chi connectivity index (χ1n) is 16.3. The predicted molar refractivity (Wildman–Crippen MR) is 163 cm³/mol. The zero-order chi connectivity index (χ0) is 30.9. The Kier molecular flexibility index (Phi) is 10.3. The van der Waals surface area contributed by atoms with Gasteiger partial charge in [-0.1, -0.05) is 60.1 Å². The first-order chi connectivity index (χ1) is 19.8. The Morgan fingerprint density at radius 3 is 2.57 bits per heavy atom. The van der Waals surface area contributed by atoms with Gasteiger partial charge in [0.2, 0.25) is 5.91 Å². The minimum Gasteiger partial charge on any atom is -0.445 e. The molecule has 4 fully saturated rings. The highest BCUT2D eigenvalue weighted by atomic mass is 16.7. The van der Waals surface area contributed by atoms with E-state index in [1.165, 1.54) is 0 Å². The molecule has 238 valence electrons. The van der Waals surface area contributed by atoms with Crippen molar-refractivity contribution in [3.05, 3.63) is 12.2 Å². The standard InChI is InChI=1S/C34H56N2O6/c1-9-10-11-15-32(5)19-27(42-31(39)35-30(38)25-20-36(7)18-14-22(25)2)33(6)23(3)12-16-34(17-13-26(37)28(33)34)24(4)29(32)41-21-40-8/h11,15,22-25,27-29H,9-10,12-14,16-21H2,1-8H3,(H,35,38,39)/t22-,23+,24-,25-,27+,28?,29-,32+,33-,34?/m0/s1. The number of ketones is 1. The second-order valence-electron chi connectivity index (χ2n) is 14.6. The van der Waals surface area contributed by atoms with Gasteiger partial charge in [0.1, 0.15) is 18.7 Å². The molecule has 1 N–H and O–H groups in total. The van der Waals surface area contributed by atoms with Gasteiger partial charge in [0.15, 0.2) is 0 Å². The lowest BCUT2D eigenvalue weighted by atomic mass is 9.44. The van der Waals surface area contributed by atoms with Gasteiger partial charge in [-0.05, 0) is 75.3 Å². The molecule has 0 aromatic rings. The lowest BCUT2D eigenvalue weighted by Crippen LogP contribution is -2.63. The van der Waals surface area contributed by atoms with E-state index in [-0.39, 0.29) is 59.6 Å². The van der Waals surface area contributed by atoms with Crippen LogP contribution in [0.3, 0.4) is 0 Å². The highest BCUT2D eigenvalue weighted by Crippen LogP contribution is 2.68. The molecule has 10 atom stereocenters. The number of hydrogen-bond acceptors (Lipinski definition) is 7. The van der Waals surface area contributed by atoms with Crippen LogP contribution < -0.4 is 5.32 Å². The number of unbranched alkanes of at least 4 members (excludes halogenated alkanes) is 1. The Morgan fingerprint density at radius 1 is 1.14 bits per heavy atom. The Bertz CT molecular complexity index is 1030. The normalized spacial score (nSPS) is 42.6. The van der Waals surface area contributed by atoms with Crippen molar-refractivity contribution in [3.8, 4) is 0 Å². The summed E-state index contributed by atoms with van der Waals surface area (Å²) in [4.78, 5) is 42.9. The summed E-state index contributed by atoms with van der Waals surface area (Å²) in [6.45, 7) is 14.8. The number of Topliss-reactive ketones (excluding diaryl/α,β-unsaturated/α-hetero) is 1. The van der Waals surface area contributed by atoms with Gasteiger partial charge in [-0.2, -0.15) is 0 Å². The second-order valence-corrected chi connectivity index (χ2v) is 14.6. The van der Waals surface area contributed by atoms with E-state index in [9.17, 15) is 14.4 Å².